The van der Waals surface area contributed by atoms with Gasteiger partial charge >= 0.3 is 0 Å². The third-order valence-corrected chi connectivity index (χ3v) is 13.6. The Morgan fingerprint density at radius 2 is 0.618 bits per heavy atom. The average Bonchev–Trinajstić information content (AvgIpc) is 3.34. The van der Waals surface area contributed by atoms with Crippen LogP contribution in [0.25, 0.3) is 0 Å². The highest BCUT2D eigenvalue weighted by Gasteiger charge is 2.18. The molecule has 0 spiro atoms. The Bertz CT molecular complexity index is 1170. The number of hydrogen-bond acceptors (Lipinski definition) is 3. The highest BCUT2D eigenvalue weighted by atomic mass is 16.3. The molecule has 0 radical (unpaired) electrons. The molecule has 0 aromatic rings. The van der Waals surface area contributed by atoms with Crippen LogP contribution >= 0.6 is 0 Å². The van der Waals surface area contributed by atoms with Crippen molar-refractivity contribution in [3.05, 3.63) is 72.9 Å². The Labute approximate surface area is 425 Å². The van der Waals surface area contributed by atoms with Gasteiger partial charge in [0.25, 0.3) is 0 Å². The maximum atomic E-state index is 12.5. The summed E-state index contributed by atoms with van der Waals surface area (Å²) in [7, 11) is 0. The normalized spacial score (nSPS) is 13.3. The summed E-state index contributed by atoms with van der Waals surface area (Å²) in [5, 5.41) is 23.2. The molecule has 0 fully saturated rings. The molecular formula is C64H117NO3. The van der Waals surface area contributed by atoms with Crippen molar-refractivity contribution in [2.24, 2.45) is 0 Å². The molecule has 0 saturated heterocycles. The van der Waals surface area contributed by atoms with E-state index in [1.54, 1.807) is 6.08 Å². The van der Waals surface area contributed by atoms with Crippen molar-refractivity contribution in [2.75, 3.05) is 6.61 Å². The first-order valence-electron chi connectivity index (χ1n) is 30.2. The SMILES string of the molecule is CCCCCCC/C=C\C/C=C\C/C=C\CCCCCCCCCCCCCCCCCCCCCCC(=O)NC(CO)C(O)/C=C/CC/C=C/CC/C=C/CCCCCCCCCCCCC. The van der Waals surface area contributed by atoms with Crippen molar-refractivity contribution >= 4 is 5.91 Å². The lowest BCUT2D eigenvalue weighted by molar-refractivity contribution is -0.123. The van der Waals surface area contributed by atoms with Crippen molar-refractivity contribution < 1.29 is 15.0 Å². The fraction of sp³-hybridized carbons (Fsp3) is 0.797. The molecule has 4 heteroatoms. The smallest absolute Gasteiger partial charge is 0.220 e. The van der Waals surface area contributed by atoms with Crippen molar-refractivity contribution in [1.29, 1.82) is 0 Å². The van der Waals surface area contributed by atoms with Crippen LogP contribution in [0.5, 0.6) is 0 Å². The van der Waals surface area contributed by atoms with Crippen LogP contribution in [0.3, 0.4) is 0 Å². The quantitative estimate of drug-likeness (QED) is 0.0420. The molecule has 1 amide bonds. The number of carbonyl (C=O) groups is 1. The van der Waals surface area contributed by atoms with Gasteiger partial charge in [-0.1, -0.05) is 292 Å². The lowest BCUT2D eigenvalue weighted by Crippen LogP contribution is -2.45. The molecule has 4 nitrogen and oxygen atoms in total. The van der Waals surface area contributed by atoms with E-state index in [0.717, 1.165) is 51.4 Å². The van der Waals surface area contributed by atoms with Crippen molar-refractivity contribution in [2.45, 2.75) is 321 Å². The van der Waals surface area contributed by atoms with Gasteiger partial charge in [-0.05, 0) is 83.5 Å². The van der Waals surface area contributed by atoms with Gasteiger partial charge in [0.2, 0.25) is 5.91 Å². The standard InChI is InChI=1S/C64H117NO3/c1-3-5-7-9-11-13-15-17-19-21-23-25-26-27-28-29-30-31-32-33-34-35-36-37-38-40-42-44-46-48-50-52-54-56-58-60-64(68)65-62(61-66)63(67)59-57-55-53-51-49-47-45-43-41-39-24-22-20-18-16-14-12-10-8-6-4-2/h15,17,21,23,26-27,41,43,49,51,57,59,62-63,66-67H,3-14,16,18-20,22,24-25,28-40,42,44-48,50,52-56,58,60-61H2,1-2H3,(H,65,68)/b17-15-,23-21-,27-26-,43-41+,51-49+,59-57+. The molecule has 0 aliphatic heterocycles. The molecule has 396 valence electrons. The first kappa shape index (κ1) is 65.8. The summed E-state index contributed by atoms with van der Waals surface area (Å²) in [5.74, 6) is -0.0751. The van der Waals surface area contributed by atoms with E-state index in [0.29, 0.717) is 6.42 Å². The lowest BCUT2D eigenvalue weighted by Gasteiger charge is -2.19. The number of nitrogens with one attached hydrogen (secondary N) is 1. The number of allylic oxidation sites excluding steroid dienone is 11. The predicted molar refractivity (Wildman–Crippen MR) is 304 cm³/mol. The van der Waals surface area contributed by atoms with E-state index in [2.05, 4.69) is 79.9 Å². The second-order valence-corrected chi connectivity index (χ2v) is 20.4. The lowest BCUT2D eigenvalue weighted by atomic mass is 10.0. The van der Waals surface area contributed by atoms with E-state index in [4.69, 9.17) is 0 Å². The molecule has 0 heterocycles. The van der Waals surface area contributed by atoms with E-state index in [1.165, 1.54) is 238 Å². The van der Waals surface area contributed by atoms with Gasteiger partial charge in [0.15, 0.2) is 0 Å². The van der Waals surface area contributed by atoms with Crippen LogP contribution < -0.4 is 5.32 Å². The molecule has 0 rings (SSSR count). The molecule has 0 aliphatic rings. The Balaban J connectivity index is 3.50. The van der Waals surface area contributed by atoms with Gasteiger partial charge in [-0.3, -0.25) is 4.79 Å². The van der Waals surface area contributed by atoms with E-state index in [-0.39, 0.29) is 12.5 Å². The molecule has 68 heavy (non-hydrogen) atoms. The van der Waals surface area contributed by atoms with Crippen LogP contribution in [-0.4, -0.2) is 34.9 Å². The zero-order valence-electron chi connectivity index (χ0n) is 45.6. The van der Waals surface area contributed by atoms with Crippen LogP contribution in [0.15, 0.2) is 72.9 Å². The molecular weight excluding hydrogens is 831 g/mol. The second kappa shape index (κ2) is 59.1. The first-order valence-corrected chi connectivity index (χ1v) is 30.2. The minimum absolute atomic E-state index is 0.0751. The summed E-state index contributed by atoms with van der Waals surface area (Å²) < 4.78 is 0. The molecule has 0 aromatic heterocycles. The Morgan fingerprint density at radius 3 is 0.956 bits per heavy atom. The number of amides is 1. The van der Waals surface area contributed by atoms with Gasteiger partial charge in [0.05, 0.1) is 18.8 Å². The van der Waals surface area contributed by atoms with E-state index in [9.17, 15) is 15.0 Å². The zero-order valence-corrected chi connectivity index (χ0v) is 45.6. The van der Waals surface area contributed by atoms with E-state index >= 15 is 0 Å². The second-order valence-electron chi connectivity index (χ2n) is 20.4. The van der Waals surface area contributed by atoms with Crippen molar-refractivity contribution in [1.82, 2.24) is 5.32 Å². The van der Waals surface area contributed by atoms with Crippen LogP contribution in [0.4, 0.5) is 0 Å². The number of carbonyl (C=O) groups excluding carboxylic acids is 1. The van der Waals surface area contributed by atoms with Crippen LogP contribution in [-0.2, 0) is 4.79 Å². The highest BCUT2D eigenvalue weighted by molar-refractivity contribution is 5.76. The average molecular weight is 949 g/mol. The number of hydrogen-bond donors (Lipinski definition) is 3. The minimum atomic E-state index is -0.872. The zero-order chi connectivity index (χ0) is 49.2. The fourth-order valence-electron chi connectivity index (χ4n) is 9.04. The summed E-state index contributed by atoms with van der Waals surface area (Å²) >= 11 is 0. The van der Waals surface area contributed by atoms with E-state index < -0.39 is 12.1 Å². The molecule has 0 aliphatic carbocycles. The van der Waals surface area contributed by atoms with Crippen molar-refractivity contribution in [3.8, 4) is 0 Å². The highest BCUT2D eigenvalue weighted by Crippen LogP contribution is 2.17. The van der Waals surface area contributed by atoms with Crippen molar-refractivity contribution in [3.63, 3.8) is 0 Å². The predicted octanol–water partition coefficient (Wildman–Crippen LogP) is 20.1. The van der Waals surface area contributed by atoms with Gasteiger partial charge in [0, 0.05) is 6.42 Å². The molecule has 3 N–H and O–H groups in total. The van der Waals surface area contributed by atoms with Crippen LogP contribution in [0, 0.1) is 0 Å². The van der Waals surface area contributed by atoms with Gasteiger partial charge < -0.3 is 15.5 Å². The summed E-state index contributed by atoms with van der Waals surface area (Å²) in [6.45, 7) is 4.30. The summed E-state index contributed by atoms with van der Waals surface area (Å²) in [5.41, 5.74) is 0. The Morgan fingerprint density at radius 1 is 0.353 bits per heavy atom. The summed E-state index contributed by atoms with van der Waals surface area (Å²) in [4.78, 5) is 12.5. The first-order chi connectivity index (χ1) is 33.7. The number of aliphatic hydroxyl groups excluding tert-OH is 2. The van der Waals surface area contributed by atoms with E-state index in [1.807, 2.05) is 6.08 Å². The van der Waals surface area contributed by atoms with Gasteiger partial charge in [-0.2, -0.15) is 0 Å². The molecule has 2 unspecified atom stereocenters. The monoisotopic (exact) mass is 948 g/mol. The largest absolute Gasteiger partial charge is 0.394 e. The fourth-order valence-corrected chi connectivity index (χ4v) is 9.04. The maximum Gasteiger partial charge on any atom is 0.220 e. The molecule has 0 bridgehead atoms. The van der Waals surface area contributed by atoms with Gasteiger partial charge in [0.1, 0.15) is 0 Å². The number of unbranched alkanes of at least 4 members (excludes halogenated alkanes) is 38. The van der Waals surface area contributed by atoms with Crippen LogP contribution in [0.2, 0.25) is 0 Å². The third kappa shape index (κ3) is 54.8. The summed E-state index contributed by atoms with van der Waals surface area (Å²) in [6.07, 6.45) is 85.1. The number of aliphatic hydroxyl groups is 2. The van der Waals surface area contributed by atoms with Crippen LogP contribution in [0.1, 0.15) is 309 Å². The number of rotatable bonds is 55. The topological polar surface area (TPSA) is 69.6 Å². The Kier molecular flexibility index (Phi) is 57.3. The molecule has 0 aromatic carbocycles. The summed E-state index contributed by atoms with van der Waals surface area (Å²) in [6, 6.07) is -0.648. The minimum Gasteiger partial charge on any atom is -0.394 e. The molecule has 0 saturated carbocycles. The molecule has 2 atom stereocenters. The van der Waals surface area contributed by atoms with Gasteiger partial charge in [-0.25, -0.2) is 0 Å². The Hall–Kier alpha value is -2.17. The maximum absolute atomic E-state index is 12.5. The van der Waals surface area contributed by atoms with Gasteiger partial charge in [-0.15, -0.1) is 0 Å². The third-order valence-electron chi connectivity index (χ3n) is 13.6.